The molecule has 0 bridgehead atoms. The lowest BCUT2D eigenvalue weighted by atomic mass is 10.2. The number of hydrogen-bond donors (Lipinski definition) is 2. The predicted octanol–water partition coefficient (Wildman–Crippen LogP) is -0.288. The van der Waals surface area contributed by atoms with Crippen molar-refractivity contribution in [3.8, 4) is 0 Å². The minimum atomic E-state index is -1.02. The zero-order valence-corrected chi connectivity index (χ0v) is 6.13. The van der Waals surface area contributed by atoms with Crippen LogP contribution in [0.2, 0.25) is 0 Å². The molecule has 58 valence electrons. The summed E-state index contributed by atoms with van der Waals surface area (Å²) in [6.45, 7) is 0. The van der Waals surface area contributed by atoms with E-state index in [1.165, 1.54) is 0 Å². The summed E-state index contributed by atoms with van der Waals surface area (Å²) >= 11 is 1.03. The quantitative estimate of drug-likeness (QED) is 0.430. The van der Waals surface area contributed by atoms with Gasteiger partial charge in [-0.25, -0.2) is 0 Å². The molecule has 0 saturated heterocycles. The molecule has 10 heavy (non-hydrogen) atoms. The van der Waals surface area contributed by atoms with Crippen LogP contribution in [0.1, 0.15) is 6.42 Å². The first-order chi connectivity index (χ1) is 4.68. The van der Waals surface area contributed by atoms with E-state index in [2.05, 4.69) is 0 Å². The summed E-state index contributed by atoms with van der Waals surface area (Å²) < 4.78 is 0. The Hall–Kier alpha value is -0.550. The smallest absolute Gasteiger partial charge is 0.320 e. The van der Waals surface area contributed by atoms with E-state index in [4.69, 9.17) is 10.8 Å². The summed E-state index contributed by atoms with van der Waals surface area (Å²) in [7, 11) is 0. The lowest BCUT2D eigenvalue weighted by Gasteiger charge is -2.01. The number of carbonyl (C=O) groups excluding carboxylic acids is 1. The average molecular weight is 163 g/mol. The van der Waals surface area contributed by atoms with Crippen LogP contribution in [0.4, 0.5) is 0 Å². The minimum absolute atomic E-state index is 0.332. The van der Waals surface area contributed by atoms with Gasteiger partial charge in [0.2, 0.25) is 0 Å². The Morgan fingerprint density at radius 2 is 2.40 bits per heavy atom. The van der Waals surface area contributed by atoms with Gasteiger partial charge in [-0.2, -0.15) is 0 Å². The molecular formula is C5H9NO3S. The SMILES string of the molecule is NC(CCSC=O)C(=O)O. The fraction of sp³-hybridized carbons (Fsp3) is 0.600. The Balaban J connectivity index is 3.30. The second-order valence-corrected chi connectivity index (χ2v) is 2.63. The maximum Gasteiger partial charge on any atom is 0.320 e. The van der Waals surface area contributed by atoms with Crippen molar-refractivity contribution in [3.63, 3.8) is 0 Å². The highest BCUT2D eigenvalue weighted by atomic mass is 32.2. The van der Waals surface area contributed by atoms with Gasteiger partial charge in [-0.15, -0.1) is 0 Å². The van der Waals surface area contributed by atoms with Crippen LogP contribution in [0.25, 0.3) is 0 Å². The highest BCUT2D eigenvalue weighted by Gasteiger charge is 2.09. The minimum Gasteiger partial charge on any atom is -0.480 e. The molecule has 1 atom stereocenters. The predicted molar refractivity (Wildman–Crippen MR) is 39.4 cm³/mol. The number of aliphatic carboxylic acids is 1. The van der Waals surface area contributed by atoms with Crippen molar-refractivity contribution < 1.29 is 14.7 Å². The standard InChI is InChI=1S/C5H9NO3S/c6-4(5(8)9)1-2-10-3-7/h3-4H,1-2,6H2,(H,8,9). The van der Waals surface area contributed by atoms with Crippen molar-refractivity contribution in [2.24, 2.45) is 5.73 Å². The van der Waals surface area contributed by atoms with Crippen molar-refractivity contribution >= 4 is 23.3 Å². The zero-order valence-electron chi connectivity index (χ0n) is 5.32. The molecular weight excluding hydrogens is 154 g/mol. The monoisotopic (exact) mass is 163 g/mol. The summed E-state index contributed by atoms with van der Waals surface area (Å²) in [5.41, 5.74) is 5.80. The largest absolute Gasteiger partial charge is 0.480 e. The van der Waals surface area contributed by atoms with Crippen molar-refractivity contribution in [3.05, 3.63) is 0 Å². The van der Waals surface area contributed by atoms with Gasteiger partial charge in [0.25, 0.3) is 0 Å². The van der Waals surface area contributed by atoms with E-state index >= 15 is 0 Å². The average Bonchev–Trinajstić information content (AvgIpc) is 1.88. The Morgan fingerprint density at radius 1 is 1.80 bits per heavy atom. The second kappa shape index (κ2) is 5.25. The van der Waals surface area contributed by atoms with Gasteiger partial charge < -0.3 is 10.8 Å². The van der Waals surface area contributed by atoms with Crippen LogP contribution >= 0.6 is 11.8 Å². The third-order valence-corrected chi connectivity index (χ3v) is 1.54. The number of carbonyl (C=O) groups is 2. The van der Waals surface area contributed by atoms with Crippen molar-refractivity contribution in [2.75, 3.05) is 5.75 Å². The van der Waals surface area contributed by atoms with Crippen LogP contribution in [0.15, 0.2) is 0 Å². The summed E-state index contributed by atoms with van der Waals surface area (Å²) in [5.74, 6) is -0.553. The van der Waals surface area contributed by atoms with Crippen LogP contribution in [0, 0.1) is 0 Å². The van der Waals surface area contributed by atoms with Gasteiger partial charge in [0.15, 0.2) is 5.62 Å². The fourth-order valence-electron chi connectivity index (χ4n) is 0.367. The van der Waals surface area contributed by atoms with E-state index in [0.717, 1.165) is 11.8 Å². The summed E-state index contributed by atoms with van der Waals surface area (Å²) in [5, 5.41) is 8.26. The highest BCUT2D eigenvalue weighted by molar-refractivity contribution is 8.11. The molecule has 0 heterocycles. The van der Waals surface area contributed by atoms with E-state index in [0.29, 0.717) is 17.8 Å². The van der Waals surface area contributed by atoms with Crippen LogP contribution in [0.5, 0.6) is 0 Å². The van der Waals surface area contributed by atoms with E-state index in [9.17, 15) is 9.59 Å². The van der Waals surface area contributed by atoms with Gasteiger partial charge in [0.05, 0.1) is 0 Å². The molecule has 0 fully saturated rings. The lowest BCUT2D eigenvalue weighted by Crippen LogP contribution is -2.30. The number of carboxylic acid groups (broad SMARTS) is 1. The molecule has 0 rings (SSSR count). The molecule has 0 radical (unpaired) electrons. The van der Waals surface area contributed by atoms with Gasteiger partial charge in [-0.3, -0.25) is 9.59 Å². The number of hydrogen-bond acceptors (Lipinski definition) is 4. The highest BCUT2D eigenvalue weighted by Crippen LogP contribution is 1.98. The Morgan fingerprint density at radius 3 is 2.80 bits per heavy atom. The fourth-order valence-corrected chi connectivity index (χ4v) is 0.853. The molecule has 0 spiro atoms. The summed E-state index contributed by atoms with van der Waals surface area (Å²) in [6.07, 6.45) is 0.332. The van der Waals surface area contributed by atoms with Crippen LogP contribution in [0.3, 0.4) is 0 Å². The third kappa shape index (κ3) is 4.34. The third-order valence-electron chi connectivity index (χ3n) is 0.932. The van der Waals surface area contributed by atoms with E-state index < -0.39 is 12.0 Å². The Bertz CT molecular complexity index is 128. The van der Waals surface area contributed by atoms with E-state index in [-0.39, 0.29) is 0 Å². The first-order valence-corrected chi connectivity index (χ1v) is 3.77. The topological polar surface area (TPSA) is 80.4 Å². The molecule has 3 N–H and O–H groups in total. The number of rotatable bonds is 5. The lowest BCUT2D eigenvalue weighted by molar-refractivity contribution is -0.138. The molecule has 0 aromatic heterocycles. The van der Waals surface area contributed by atoms with Gasteiger partial charge in [-0.05, 0) is 6.42 Å². The van der Waals surface area contributed by atoms with Crippen molar-refractivity contribution in [1.82, 2.24) is 0 Å². The molecule has 1 unspecified atom stereocenters. The summed E-state index contributed by atoms with van der Waals surface area (Å²) in [6, 6.07) is -0.840. The van der Waals surface area contributed by atoms with Gasteiger partial charge >= 0.3 is 5.97 Å². The molecule has 0 saturated carbocycles. The molecule has 0 aromatic carbocycles. The molecule has 0 aliphatic rings. The van der Waals surface area contributed by atoms with Crippen molar-refractivity contribution in [2.45, 2.75) is 12.5 Å². The van der Waals surface area contributed by atoms with E-state index in [1.807, 2.05) is 0 Å². The van der Waals surface area contributed by atoms with Gasteiger partial charge in [0.1, 0.15) is 6.04 Å². The molecule has 0 aromatic rings. The van der Waals surface area contributed by atoms with Crippen LogP contribution in [-0.4, -0.2) is 28.5 Å². The molecule has 4 nitrogen and oxygen atoms in total. The number of carboxylic acids is 1. The molecule has 0 amide bonds. The maximum absolute atomic E-state index is 10.1. The molecule has 5 heteroatoms. The first-order valence-electron chi connectivity index (χ1n) is 2.72. The van der Waals surface area contributed by atoms with Crippen LogP contribution in [-0.2, 0) is 9.59 Å². The first kappa shape index (κ1) is 9.45. The van der Waals surface area contributed by atoms with Crippen molar-refractivity contribution in [1.29, 1.82) is 0 Å². The zero-order chi connectivity index (χ0) is 7.98. The Kier molecular flexibility index (Phi) is 4.96. The van der Waals surface area contributed by atoms with E-state index in [1.54, 1.807) is 0 Å². The maximum atomic E-state index is 10.1. The van der Waals surface area contributed by atoms with Crippen LogP contribution < -0.4 is 5.73 Å². The van der Waals surface area contributed by atoms with Gasteiger partial charge in [-0.1, -0.05) is 11.8 Å². The normalized spacial score (nSPS) is 12.5. The molecule has 0 aliphatic carbocycles. The number of nitrogens with two attached hydrogens (primary N) is 1. The summed E-state index contributed by atoms with van der Waals surface area (Å²) in [4.78, 5) is 19.8. The number of thioether (sulfide) groups is 1. The second-order valence-electron chi connectivity index (χ2n) is 1.70. The van der Waals surface area contributed by atoms with Gasteiger partial charge in [0, 0.05) is 5.75 Å². The Labute approximate surface area is 62.8 Å². The molecule has 0 aliphatic heterocycles.